The molecular formula is C14H11NO2. The fourth-order valence-corrected chi connectivity index (χ4v) is 1.86. The summed E-state index contributed by atoms with van der Waals surface area (Å²) in [7, 11) is 1.67. The van der Waals surface area contributed by atoms with Crippen LogP contribution in [-0.2, 0) is 0 Å². The van der Waals surface area contributed by atoms with E-state index >= 15 is 0 Å². The van der Waals surface area contributed by atoms with Gasteiger partial charge < -0.3 is 9.15 Å². The van der Waals surface area contributed by atoms with E-state index in [1.165, 1.54) is 6.39 Å². The van der Waals surface area contributed by atoms with E-state index in [0.29, 0.717) is 0 Å². The van der Waals surface area contributed by atoms with E-state index in [4.69, 9.17) is 9.15 Å². The third-order valence-electron chi connectivity index (χ3n) is 2.76. The van der Waals surface area contributed by atoms with Crippen LogP contribution < -0.4 is 4.74 Å². The van der Waals surface area contributed by atoms with Crippen LogP contribution in [0.3, 0.4) is 0 Å². The Morgan fingerprint density at radius 2 is 1.88 bits per heavy atom. The van der Waals surface area contributed by atoms with Crippen molar-refractivity contribution in [2.24, 2.45) is 0 Å². The number of rotatable bonds is 2. The average molecular weight is 225 g/mol. The summed E-state index contributed by atoms with van der Waals surface area (Å²) in [4.78, 5) is 3.92. The number of hydrogen-bond acceptors (Lipinski definition) is 3. The molecule has 3 aromatic rings. The predicted octanol–water partition coefficient (Wildman–Crippen LogP) is 3.50. The molecule has 0 bridgehead atoms. The Morgan fingerprint density at radius 1 is 1.06 bits per heavy atom. The van der Waals surface area contributed by atoms with Gasteiger partial charge in [0.15, 0.2) is 12.2 Å². The van der Waals surface area contributed by atoms with Crippen molar-refractivity contribution in [3.8, 4) is 17.1 Å². The summed E-state index contributed by atoms with van der Waals surface area (Å²) in [5.74, 6) is 1.65. The highest BCUT2D eigenvalue weighted by Gasteiger charge is 2.03. The molecule has 0 atom stereocenters. The number of methoxy groups -OCH3 is 1. The molecule has 2 aromatic carbocycles. The standard InChI is InChI=1S/C14H11NO2/c1-16-13-5-4-10-6-12(3-2-11(10)7-13)14-8-15-9-17-14/h2-9H,1H3. The summed E-state index contributed by atoms with van der Waals surface area (Å²) in [6.07, 6.45) is 3.15. The van der Waals surface area contributed by atoms with Crippen molar-refractivity contribution >= 4 is 10.8 Å². The van der Waals surface area contributed by atoms with Crippen LogP contribution in [0.1, 0.15) is 0 Å². The van der Waals surface area contributed by atoms with Gasteiger partial charge in [-0.3, -0.25) is 0 Å². The number of fused-ring (bicyclic) bond motifs is 1. The highest BCUT2D eigenvalue weighted by Crippen LogP contribution is 2.26. The molecule has 1 aromatic heterocycles. The normalized spacial score (nSPS) is 10.6. The minimum absolute atomic E-state index is 0.780. The van der Waals surface area contributed by atoms with Crippen LogP contribution >= 0.6 is 0 Å². The lowest BCUT2D eigenvalue weighted by atomic mass is 10.1. The Morgan fingerprint density at radius 3 is 2.65 bits per heavy atom. The van der Waals surface area contributed by atoms with Crippen LogP contribution in [0.25, 0.3) is 22.1 Å². The second-order valence-corrected chi connectivity index (χ2v) is 3.79. The average Bonchev–Trinajstić information content (AvgIpc) is 2.91. The molecule has 0 saturated heterocycles. The zero-order chi connectivity index (χ0) is 11.7. The van der Waals surface area contributed by atoms with Crippen molar-refractivity contribution in [1.29, 1.82) is 0 Å². The zero-order valence-corrected chi connectivity index (χ0v) is 9.38. The van der Waals surface area contributed by atoms with Gasteiger partial charge in [0.1, 0.15) is 5.75 Å². The fraction of sp³-hybridized carbons (Fsp3) is 0.0714. The lowest BCUT2D eigenvalue weighted by Gasteiger charge is -2.03. The van der Waals surface area contributed by atoms with Gasteiger partial charge in [-0.15, -0.1) is 0 Å². The van der Waals surface area contributed by atoms with Crippen LogP contribution in [0.5, 0.6) is 5.75 Å². The van der Waals surface area contributed by atoms with Gasteiger partial charge in [-0.05, 0) is 29.0 Å². The molecule has 3 heteroatoms. The van der Waals surface area contributed by atoms with Crippen molar-refractivity contribution < 1.29 is 9.15 Å². The van der Waals surface area contributed by atoms with E-state index < -0.39 is 0 Å². The molecule has 0 fully saturated rings. The topological polar surface area (TPSA) is 35.3 Å². The summed E-state index contributed by atoms with van der Waals surface area (Å²) in [6, 6.07) is 12.1. The summed E-state index contributed by atoms with van der Waals surface area (Å²) < 4.78 is 10.5. The van der Waals surface area contributed by atoms with Gasteiger partial charge >= 0.3 is 0 Å². The quantitative estimate of drug-likeness (QED) is 0.669. The van der Waals surface area contributed by atoms with Gasteiger partial charge in [0.2, 0.25) is 0 Å². The van der Waals surface area contributed by atoms with E-state index in [1.54, 1.807) is 13.3 Å². The van der Waals surface area contributed by atoms with E-state index in [0.717, 1.165) is 27.8 Å². The minimum Gasteiger partial charge on any atom is -0.497 e. The van der Waals surface area contributed by atoms with Gasteiger partial charge in [-0.2, -0.15) is 0 Å². The van der Waals surface area contributed by atoms with Crippen molar-refractivity contribution in [3.63, 3.8) is 0 Å². The second kappa shape index (κ2) is 3.94. The summed E-state index contributed by atoms with van der Waals surface area (Å²) in [5.41, 5.74) is 1.03. The van der Waals surface area contributed by atoms with Crippen LogP contribution in [0.15, 0.2) is 53.4 Å². The number of nitrogens with zero attached hydrogens (tertiary/aromatic N) is 1. The minimum atomic E-state index is 0.780. The molecule has 0 saturated carbocycles. The number of aromatic nitrogens is 1. The molecule has 0 aliphatic heterocycles. The van der Waals surface area contributed by atoms with E-state index in [2.05, 4.69) is 17.1 Å². The summed E-state index contributed by atoms with van der Waals surface area (Å²) >= 11 is 0. The Labute approximate surface area is 98.7 Å². The van der Waals surface area contributed by atoms with Crippen LogP contribution in [0.2, 0.25) is 0 Å². The van der Waals surface area contributed by atoms with E-state index in [9.17, 15) is 0 Å². The van der Waals surface area contributed by atoms with E-state index in [-0.39, 0.29) is 0 Å². The first-order chi connectivity index (χ1) is 8.36. The first kappa shape index (κ1) is 9.90. The largest absolute Gasteiger partial charge is 0.497 e. The molecular weight excluding hydrogens is 214 g/mol. The molecule has 84 valence electrons. The van der Waals surface area contributed by atoms with Gasteiger partial charge in [0, 0.05) is 5.56 Å². The molecule has 0 N–H and O–H groups in total. The maximum atomic E-state index is 5.28. The molecule has 0 aliphatic rings. The third kappa shape index (κ3) is 1.76. The highest BCUT2D eigenvalue weighted by molar-refractivity contribution is 5.87. The van der Waals surface area contributed by atoms with Crippen molar-refractivity contribution in [2.75, 3.05) is 7.11 Å². The second-order valence-electron chi connectivity index (χ2n) is 3.79. The van der Waals surface area contributed by atoms with Crippen LogP contribution in [-0.4, -0.2) is 12.1 Å². The van der Waals surface area contributed by atoms with Crippen LogP contribution in [0.4, 0.5) is 0 Å². The molecule has 3 nitrogen and oxygen atoms in total. The van der Waals surface area contributed by atoms with E-state index in [1.807, 2.05) is 24.3 Å². The predicted molar refractivity (Wildman–Crippen MR) is 66.0 cm³/mol. The number of ether oxygens (including phenoxy) is 1. The van der Waals surface area contributed by atoms with Crippen molar-refractivity contribution in [1.82, 2.24) is 4.98 Å². The Kier molecular flexibility index (Phi) is 2.29. The number of benzene rings is 2. The molecule has 0 aliphatic carbocycles. The molecule has 3 rings (SSSR count). The molecule has 0 radical (unpaired) electrons. The SMILES string of the molecule is COc1ccc2cc(-c3cnco3)ccc2c1. The van der Waals surface area contributed by atoms with Gasteiger partial charge in [-0.25, -0.2) is 4.98 Å². The number of hydrogen-bond donors (Lipinski definition) is 0. The smallest absolute Gasteiger partial charge is 0.181 e. The molecule has 0 spiro atoms. The Balaban J connectivity index is 2.14. The Hall–Kier alpha value is -2.29. The molecule has 0 amide bonds. The first-order valence-electron chi connectivity index (χ1n) is 5.33. The summed E-state index contributed by atoms with van der Waals surface area (Å²) in [6.45, 7) is 0. The molecule has 17 heavy (non-hydrogen) atoms. The van der Waals surface area contributed by atoms with Gasteiger partial charge in [-0.1, -0.05) is 18.2 Å². The number of oxazole rings is 1. The molecule has 0 unspecified atom stereocenters. The fourth-order valence-electron chi connectivity index (χ4n) is 1.86. The Bertz CT molecular complexity index is 644. The first-order valence-corrected chi connectivity index (χ1v) is 5.33. The summed E-state index contributed by atoms with van der Waals surface area (Å²) in [5, 5.41) is 2.30. The lowest BCUT2D eigenvalue weighted by molar-refractivity contribution is 0.415. The maximum absolute atomic E-state index is 5.28. The lowest BCUT2D eigenvalue weighted by Crippen LogP contribution is -1.82. The monoisotopic (exact) mass is 225 g/mol. The van der Waals surface area contributed by atoms with Crippen LogP contribution in [0, 0.1) is 0 Å². The van der Waals surface area contributed by atoms with Gasteiger partial charge in [0.05, 0.1) is 13.3 Å². The van der Waals surface area contributed by atoms with Crippen molar-refractivity contribution in [3.05, 3.63) is 49.0 Å². The third-order valence-corrected chi connectivity index (χ3v) is 2.76. The van der Waals surface area contributed by atoms with Gasteiger partial charge in [0.25, 0.3) is 0 Å². The van der Waals surface area contributed by atoms with Crippen molar-refractivity contribution in [2.45, 2.75) is 0 Å². The maximum Gasteiger partial charge on any atom is 0.181 e. The highest BCUT2D eigenvalue weighted by atomic mass is 16.5. The zero-order valence-electron chi connectivity index (χ0n) is 9.38. The molecule has 1 heterocycles.